The molecular weight excluding hydrogens is 583 g/mol. The van der Waals surface area contributed by atoms with E-state index in [0.717, 1.165) is 24.3 Å². The molecular formula is C45H39N3. The van der Waals surface area contributed by atoms with Crippen LogP contribution in [0.15, 0.2) is 134 Å². The summed E-state index contributed by atoms with van der Waals surface area (Å²) >= 11 is 0. The molecule has 0 spiro atoms. The van der Waals surface area contributed by atoms with Crippen LogP contribution < -0.4 is 9.80 Å². The zero-order valence-corrected chi connectivity index (χ0v) is 27.6. The highest BCUT2D eigenvalue weighted by atomic mass is 15.2. The number of aromatic nitrogens is 1. The zero-order chi connectivity index (χ0) is 32.2. The molecule has 3 nitrogen and oxygen atoms in total. The van der Waals surface area contributed by atoms with Crippen LogP contribution in [0.3, 0.4) is 0 Å². The quantitative estimate of drug-likeness (QED) is 0.199. The molecule has 0 saturated carbocycles. The van der Waals surface area contributed by atoms with Gasteiger partial charge in [0, 0.05) is 34.9 Å². The Balaban J connectivity index is 0.982. The van der Waals surface area contributed by atoms with Gasteiger partial charge in [-0.05, 0) is 94.3 Å². The molecule has 4 aromatic carbocycles. The first-order valence-corrected chi connectivity index (χ1v) is 17.3. The highest BCUT2D eigenvalue weighted by Crippen LogP contribution is 2.50. The summed E-state index contributed by atoms with van der Waals surface area (Å²) in [5, 5.41) is 0. The van der Waals surface area contributed by atoms with Crippen LogP contribution in [0.1, 0.15) is 53.8 Å². The molecule has 1 aromatic heterocycles. The molecule has 0 N–H and O–H groups in total. The normalized spacial score (nSPS) is 19.8. The third-order valence-corrected chi connectivity index (χ3v) is 10.7. The maximum atomic E-state index is 4.92. The average Bonchev–Trinajstić information content (AvgIpc) is 3.24. The maximum absolute atomic E-state index is 4.92. The number of fused-ring (bicyclic) bond motifs is 6. The summed E-state index contributed by atoms with van der Waals surface area (Å²) in [6.07, 6.45) is 22.2. The Hall–Kier alpha value is -5.41. The van der Waals surface area contributed by atoms with Gasteiger partial charge in [-0.1, -0.05) is 117 Å². The third kappa shape index (κ3) is 4.76. The largest absolute Gasteiger partial charge is 0.341 e. The Morgan fingerprint density at radius 3 is 2.38 bits per heavy atom. The van der Waals surface area contributed by atoms with Gasteiger partial charge in [-0.25, -0.2) is 0 Å². The number of para-hydroxylation sites is 2. The van der Waals surface area contributed by atoms with Crippen molar-refractivity contribution in [3.63, 3.8) is 0 Å². The summed E-state index contributed by atoms with van der Waals surface area (Å²) in [5.74, 6) is 0.310. The van der Waals surface area contributed by atoms with Crippen LogP contribution in [-0.2, 0) is 11.8 Å². The molecule has 4 aliphatic rings. The highest BCUT2D eigenvalue weighted by Gasteiger charge is 2.36. The molecule has 0 fully saturated rings. The SMILES string of the molecule is CC1(C)c2cc(/C=C/c3ccc(N4c5ccccc5C=CC5C=CC=CC54)cn3)ccc2-c2ccc(N3CCCc4ccccc43)cc21. The highest BCUT2D eigenvalue weighted by molar-refractivity contribution is 5.85. The second-order valence-electron chi connectivity index (χ2n) is 13.9. The number of nitrogens with zero attached hydrogens (tertiary/aromatic N) is 3. The van der Waals surface area contributed by atoms with Gasteiger partial charge in [0.2, 0.25) is 0 Å². The van der Waals surface area contributed by atoms with Crippen LogP contribution >= 0.6 is 0 Å². The summed E-state index contributed by atoms with van der Waals surface area (Å²) in [6, 6.07) is 36.1. The van der Waals surface area contributed by atoms with Crippen molar-refractivity contribution < 1.29 is 0 Å². The second-order valence-corrected chi connectivity index (χ2v) is 13.9. The van der Waals surface area contributed by atoms with Gasteiger partial charge >= 0.3 is 0 Å². The average molecular weight is 622 g/mol. The van der Waals surface area contributed by atoms with E-state index in [9.17, 15) is 0 Å². The lowest BCUT2D eigenvalue weighted by molar-refractivity contribution is 0.659. The molecule has 0 saturated heterocycles. The number of benzene rings is 4. The molecule has 3 heteroatoms. The van der Waals surface area contributed by atoms with Crippen LogP contribution in [0.2, 0.25) is 0 Å². The molecule has 9 rings (SSSR count). The first kappa shape index (κ1) is 28.8. The van der Waals surface area contributed by atoms with E-state index in [4.69, 9.17) is 4.98 Å². The van der Waals surface area contributed by atoms with E-state index in [1.807, 2.05) is 6.20 Å². The van der Waals surface area contributed by atoms with Gasteiger partial charge in [-0.3, -0.25) is 4.98 Å². The number of hydrogen-bond acceptors (Lipinski definition) is 3. The Bertz CT molecular complexity index is 2160. The van der Waals surface area contributed by atoms with E-state index >= 15 is 0 Å². The van der Waals surface area contributed by atoms with Crippen molar-refractivity contribution in [2.75, 3.05) is 16.3 Å². The molecule has 2 aliphatic heterocycles. The fourth-order valence-corrected chi connectivity index (χ4v) is 8.22. The predicted molar refractivity (Wildman–Crippen MR) is 202 cm³/mol. The lowest BCUT2D eigenvalue weighted by atomic mass is 9.81. The third-order valence-electron chi connectivity index (χ3n) is 10.7. The van der Waals surface area contributed by atoms with Crippen molar-refractivity contribution >= 4 is 41.0 Å². The fourth-order valence-electron chi connectivity index (χ4n) is 8.22. The monoisotopic (exact) mass is 621 g/mol. The minimum atomic E-state index is -0.0847. The molecule has 2 aliphatic carbocycles. The van der Waals surface area contributed by atoms with Crippen molar-refractivity contribution in [3.8, 4) is 11.1 Å². The topological polar surface area (TPSA) is 19.4 Å². The lowest BCUT2D eigenvalue weighted by Gasteiger charge is -2.35. The number of rotatable bonds is 4. The van der Waals surface area contributed by atoms with Crippen molar-refractivity contribution in [2.45, 2.75) is 38.1 Å². The van der Waals surface area contributed by atoms with E-state index < -0.39 is 0 Å². The van der Waals surface area contributed by atoms with Crippen LogP contribution in [0, 0.1) is 5.92 Å². The summed E-state index contributed by atoms with van der Waals surface area (Å²) in [7, 11) is 0. The Labute approximate surface area is 283 Å². The summed E-state index contributed by atoms with van der Waals surface area (Å²) < 4.78 is 0. The second kappa shape index (κ2) is 11.4. The first-order chi connectivity index (χ1) is 23.5. The minimum Gasteiger partial charge on any atom is -0.341 e. The van der Waals surface area contributed by atoms with Gasteiger partial charge in [-0.2, -0.15) is 0 Å². The van der Waals surface area contributed by atoms with Gasteiger partial charge in [0.25, 0.3) is 0 Å². The Kier molecular flexibility index (Phi) is 6.83. The number of allylic oxidation sites excluding steroid dienone is 2. The van der Waals surface area contributed by atoms with Crippen LogP contribution in [0.5, 0.6) is 0 Å². The standard InChI is InChI=1S/C45H39N3/c1-45(2)40-28-31(18-25-38(40)39-26-24-36(29-41(39)45)47-27-9-13-32-10-3-6-14-42(32)47)17-21-35-22-23-37(30-46-35)48-43-15-7-4-11-33(43)19-20-34-12-5-8-16-44(34)48/h3-8,10-12,14-26,28-30,33,43H,9,13,27H2,1-2H3/b21-17+. The van der Waals surface area contributed by atoms with Crippen molar-refractivity contribution in [1.82, 2.24) is 4.98 Å². The van der Waals surface area contributed by atoms with Crippen LogP contribution in [0.25, 0.3) is 29.4 Å². The molecule has 0 amide bonds. The molecule has 0 radical (unpaired) electrons. The van der Waals surface area contributed by atoms with Crippen molar-refractivity contribution in [3.05, 3.63) is 167 Å². The van der Waals surface area contributed by atoms with Gasteiger partial charge in [0.1, 0.15) is 0 Å². The van der Waals surface area contributed by atoms with Crippen LogP contribution in [-0.4, -0.2) is 17.6 Å². The fraction of sp³-hybridized carbons (Fsp3) is 0.178. The van der Waals surface area contributed by atoms with E-state index in [-0.39, 0.29) is 11.5 Å². The molecule has 2 atom stereocenters. The number of hydrogen-bond donors (Lipinski definition) is 0. The summed E-state index contributed by atoms with van der Waals surface area (Å²) in [4.78, 5) is 9.85. The van der Waals surface area contributed by atoms with Crippen molar-refractivity contribution in [1.29, 1.82) is 0 Å². The summed E-state index contributed by atoms with van der Waals surface area (Å²) in [5.41, 5.74) is 15.2. The van der Waals surface area contributed by atoms with Gasteiger partial charge in [-0.15, -0.1) is 0 Å². The number of anilines is 4. The Morgan fingerprint density at radius 2 is 1.50 bits per heavy atom. The molecule has 5 aromatic rings. The van der Waals surface area contributed by atoms with E-state index in [2.05, 4.69) is 169 Å². The minimum absolute atomic E-state index is 0.0847. The lowest BCUT2D eigenvalue weighted by Crippen LogP contribution is -2.35. The smallest absolute Gasteiger partial charge is 0.0631 e. The first-order valence-electron chi connectivity index (χ1n) is 17.3. The zero-order valence-electron chi connectivity index (χ0n) is 27.6. The van der Waals surface area contributed by atoms with E-state index in [0.29, 0.717) is 5.92 Å². The number of pyridine rings is 1. The molecule has 0 bridgehead atoms. The number of aryl methyl sites for hydroxylation is 1. The molecule has 48 heavy (non-hydrogen) atoms. The van der Waals surface area contributed by atoms with E-state index in [1.54, 1.807) is 0 Å². The van der Waals surface area contributed by atoms with Gasteiger partial charge in [0.15, 0.2) is 0 Å². The van der Waals surface area contributed by atoms with Crippen LogP contribution in [0.4, 0.5) is 22.7 Å². The van der Waals surface area contributed by atoms with E-state index in [1.165, 1.54) is 62.4 Å². The maximum Gasteiger partial charge on any atom is 0.0631 e. The summed E-state index contributed by atoms with van der Waals surface area (Å²) in [6.45, 7) is 5.81. The van der Waals surface area contributed by atoms with Gasteiger partial charge < -0.3 is 9.80 Å². The molecule has 3 heterocycles. The molecule has 234 valence electrons. The van der Waals surface area contributed by atoms with Gasteiger partial charge in [0.05, 0.1) is 23.6 Å². The Morgan fingerprint density at radius 1 is 0.729 bits per heavy atom. The molecule has 2 unspecified atom stereocenters. The van der Waals surface area contributed by atoms with Crippen molar-refractivity contribution in [2.24, 2.45) is 5.92 Å². The predicted octanol–water partition coefficient (Wildman–Crippen LogP) is 10.9.